The van der Waals surface area contributed by atoms with E-state index < -0.39 is 17.3 Å². The number of amides is 3. The number of benzene rings is 2. The maximum atomic E-state index is 13.8. The molecule has 8 nitrogen and oxygen atoms in total. The molecule has 3 amide bonds. The van der Waals surface area contributed by atoms with Crippen molar-refractivity contribution in [3.05, 3.63) is 72.1 Å². The van der Waals surface area contributed by atoms with Gasteiger partial charge in [0.15, 0.2) is 0 Å². The van der Waals surface area contributed by atoms with E-state index >= 15 is 0 Å². The van der Waals surface area contributed by atoms with Gasteiger partial charge >= 0.3 is 6.03 Å². The third-order valence-corrected chi connectivity index (χ3v) is 7.44. The van der Waals surface area contributed by atoms with Gasteiger partial charge in [-0.05, 0) is 18.2 Å². The third kappa shape index (κ3) is 3.67. The van der Waals surface area contributed by atoms with Crippen molar-refractivity contribution in [2.24, 2.45) is 0 Å². The fourth-order valence-corrected chi connectivity index (χ4v) is 5.91. The molecule has 0 N–H and O–H groups in total. The van der Waals surface area contributed by atoms with Crippen LogP contribution in [0.2, 0.25) is 0 Å². The number of imide groups is 1. The van der Waals surface area contributed by atoms with Gasteiger partial charge in [0.25, 0.3) is 5.91 Å². The summed E-state index contributed by atoms with van der Waals surface area (Å²) in [5.74, 6) is 0.148. The Morgan fingerprint density at radius 2 is 1.94 bits per heavy atom. The number of anilines is 1. The maximum Gasteiger partial charge on any atom is 0.332 e. The third-order valence-electron chi connectivity index (χ3n) is 6.11. The summed E-state index contributed by atoms with van der Waals surface area (Å²) in [5.41, 5.74) is 1.41. The number of nitriles is 2. The van der Waals surface area contributed by atoms with E-state index in [0.29, 0.717) is 27.5 Å². The van der Waals surface area contributed by atoms with E-state index in [-0.39, 0.29) is 18.9 Å². The van der Waals surface area contributed by atoms with Gasteiger partial charge in [0, 0.05) is 34.0 Å². The number of nitrogens with zero attached hydrogens (tertiary/aromatic N) is 5. The molecule has 3 heterocycles. The Morgan fingerprint density at radius 1 is 1.11 bits per heavy atom. The van der Waals surface area contributed by atoms with Crippen molar-refractivity contribution in [2.45, 2.75) is 17.7 Å². The molecule has 0 bridgehead atoms. The summed E-state index contributed by atoms with van der Waals surface area (Å²) in [6.45, 7) is 0.167. The van der Waals surface area contributed by atoms with Crippen LogP contribution >= 0.6 is 11.8 Å². The van der Waals surface area contributed by atoms with E-state index in [1.165, 1.54) is 30.0 Å². The zero-order valence-corrected chi connectivity index (χ0v) is 19.5. The highest BCUT2D eigenvalue weighted by molar-refractivity contribution is 8.09. The first-order valence-electron chi connectivity index (χ1n) is 10.9. The molecule has 0 radical (unpaired) electrons. The molecule has 2 aliphatic rings. The lowest BCUT2D eigenvalue weighted by Crippen LogP contribution is -2.62. The quantitative estimate of drug-likeness (QED) is 0.534. The van der Waals surface area contributed by atoms with E-state index in [1.807, 2.05) is 30.3 Å². The number of carbonyl (C=O) groups is 2. The normalized spacial score (nSPS) is 19.2. The van der Waals surface area contributed by atoms with Crippen LogP contribution in [-0.4, -0.2) is 46.8 Å². The zero-order chi connectivity index (χ0) is 24.5. The van der Waals surface area contributed by atoms with Crippen LogP contribution in [0.4, 0.5) is 10.5 Å². The molecule has 1 aromatic heterocycles. The Morgan fingerprint density at radius 3 is 2.71 bits per heavy atom. The summed E-state index contributed by atoms with van der Waals surface area (Å²) >= 11 is 1.30. The second-order valence-electron chi connectivity index (χ2n) is 7.99. The zero-order valence-electron chi connectivity index (χ0n) is 18.7. The second-order valence-corrected chi connectivity index (χ2v) is 9.18. The van der Waals surface area contributed by atoms with Gasteiger partial charge in [-0.15, -0.1) is 11.8 Å². The predicted octanol–water partition coefficient (Wildman–Crippen LogP) is 4.32. The van der Waals surface area contributed by atoms with Crippen molar-refractivity contribution in [1.29, 1.82) is 10.5 Å². The van der Waals surface area contributed by atoms with E-state index in [9.17, 15) is 20.1 Å². The first-order chi connectivity index (χ1) is 17.1. The monoisotopic (exact) mass is 481 g/mol. The summed E-state index contributed by atoms with van der Waals surface area (Å²) in [4.78, 5) is 35.2. The summed E-state index contributed by atoms with van der Waals surface area (Å²) in [6.07, 6.45) is 5.16. The largest absolute Gasteiger partial charge is 0.496 e. The number of hydrogen-bond acceptors (Lipinski definition) is 7. The molecule has 2 unspecified atom stereocenters. The van der Waals surface area contributed by atoms with Gasteiger partial charge in [0.05, 0.1) is 49.2 Å². The number of methoxy groups -OCH3 is 1. The molecule has 2 atom stereocenters. The van der Waals surface area contributed by atoms with Crippen LogP contribution in [0.25, 0.3) is 15.7 Å². The number of carbonyl (C=O) groups excluding carboxylic acids is 2. The van der Waals surface area contributed by atoms with Crippen LogP contribution in [0, 0.1) is 22.7 Å². The fourth-order valence-electron chi connectivity index (χ4n) is 4.52. The smallest absolute Gasteiger partial charge is 0.332 e. The summed E-state index contributed by atoms with van der Waals surface area (Å²) in [7, 11) is 1.52. The summed E-state index contributed by atoms with van der Waals surface area (Å²) in [6, 6.07) is 15.8. The minimum Gasteiger partial charge on any atom is -0.496 e. The molecule has 9 heteroatoms. The van der Waals surface area contributed by atoms with E-state index in [4.69, 9.17) is 4.74 Å². The minimum atomic E-state index is -0.642. The molecule has 2 aliphatic heterocycles. The predicted molar refractivity (Wildman–Crippen MR) is 132 cm³/mol. The standard InChI is InChI=1S/C26H19N5O3S/c1-34-21-9-4-7-16(13-28)23(21)22-12-19-24(35-22)25(32)31(26(33)30(19)11-5-10-27)20-15-29-14-17-6-2-3-8-18(17)20/h2-4,6-9,12,14-15,19,24H,5,11H2,1H3. The number of rotatable bonds is 5. The Labute approximate surface area is 206 Å². The lowest BCUT2D eigenvalue weighted by molar-refractivity contribution is -0.119. The highest BCUT2D eigenvalue weighted by Crippen LogP contribution is 2.48. The van der Waals surface area contributed by atoms with Crippen LogP contribution in [0.1, 0.15) is 17.5 Å². The number of pyridine rings is 1. The van der Waals surface area contributed by atoms with Crippen molar-refractivity contribution in [3.63, 3.8) is 0 Å². The maximum absolute atomic E-state index is 13.8. The van der Waals surface area contributed by atoms with Gasteiger partial charge in [-0.3, -0.25) is 9.78 Å². The molecular formula is C26H19N5O3S. The van der Waals surface area contributed by atoms with Gasteiger partial charge in [0.1, 0.15) is 11.0 Å². The molecule has 0 spiro atoms. The number of aromatic nitrogens is 1. The first kappa shape index (κ1) is 22.5. The number of fused-ring (bicyclic) bond motifs is 2. The Kier molecular flexibility index (Phi) is 5.86. The number of hydrogen-bond donors (Lipinski definition) is 0. The highest BCUT2D eigenvalue weighted by atomic mass is 32.2. The van der Waals surface area contributed by atoms with Crippen LogP contribution in [0.15, 0.2) is 60.9 Å². The molecule has 1 saturated heterocycles. The lowest BCUT2D eigenvalue weighted by atomic mass is 10.0. The molecule has 0 saturated carbocycles. The molecular weight excluding hydrogens is 462 g/mol. The Bertz CT molecular complexity index is 1470. The van der Waals surface area contributed by atoms with Crippen molar-refractivity contribution in [1.82, 2.24) is 9.88 Å². The molecule has 35 heavy (non-hydrogen) atoms. The van der Waals surface area contributed by atoms with Crippen molar-refractivity contribution in [2.75, 3.05) is 18.6 Å². The molecule has 2 aromatic carbocycles. The average molecular weight is 482 g/mol. The summed E-state index contributed by atoms with van der Waals surface area (Å²) in [5, 5.41) is 19.8. The van der Waals surface area contributed by atoms with E-state index in [0.717, 1.165) is 10.8 Å². The van der Waals surface area contributed by atoms with Crippen molar-refractivity contribution < 1.29 is 14.3 Å². The SMILES string of the molecule is COc1cccc(C#N)c1C1=CC2C(S1)C(=O)N(c1cncc3ccccc13)C(=O)N2CCC#N. The van der Waals surface area contributed by atoms with E-state index in [1.54, 1.807) is 29.3 Å². The van der Waals surface area contributed by atoms with Gasteiger partial charge in [-0.1, -0.05) is 30.3 Å². The molecule has 3 aromatic rings. The summed E-state index contributed by atoms with van der Waals surface area (Å²) < 4.78 is 5.50. The van der Waals surface area contributed by atoms with Gasteiger partial charge < -0.3 is 9.64 Å². The molecule has 172 valence electrons. The second kappa shape index (κ2) is 9.13. The number of thioether (sulfide) groups is 1. The topological polar surface area (TPSA) is 110 Å². The van der Waals surface area contributed by atoms with Crippen LogP contribution < -0.4 is 9.64 Å². The van der Waals surface area contributed by atoms with Crippen molar-refractivity contribution in [3.8, 4) is 17.9 Å². The van der Waals surface area contributed by atoms with Crippen molar-refractivity contribution >= 4 is 45.1 Å². The number of urea groups is 1. The molecule has 5 rings (SSSR count). The fraction of sp³-hybridized carbons (Fsp3) is 0.192. The van der Waals surface area contributed by atoms with Gasteiger partial charge in [0.2, 0.25) is 0 Å². The average Bonchev–Trinajstić information content (AvgIpc) is 3.33. The number of ether oxygens (including phenoxy) is 1. The van der Waals surface area contributed by atoms with Crippen LogP contribution in [0.5, 0.6) is 5.75 Å². The van der Waals surface area contributed by atoms with Gasteiger partial charge in [-0.25, -0.2) is 9.69 Å². The van der Waals surface area contributed by atoms with Gasteiger partial charge in [-0.2, -0.15) is 10.5 Å². The lowest BCUT2D eigenvalue weighted by Gasteiger charge is -2.41. The highest BCUT2D eigenvalue weighted by Gasteiger charge is 2.50. The Balaban J connectivity index is 1.61. The van der Waals surface area contributed by atoms with Crippen LogP contribution in [-0.2, 0) is 4.79 Å². The Hall–Kier alpha value is -4.34. The first-order valence-corrected chi connectivity index (χ1v) is 11.8. The minimum absolute atomic E-state index is 0.122. The van der Waals surface area contributed by atoms with E-state index in [2.05, 4.69) is 17.1 Å². The molecule has 1 fully saturated rings. The molecule has 0 aliphatic carbocycles. The van der Waals surface area contributed by atoms with Crippen LogP contribution in [0.3, 0.4) is 0 Å².